The van der Waals surface area contributed by atoms with Crippen LogP contribution in [0.4, 0.5) is 5.69 Å². The van der Waals surface area contributed by atoms with Gasteiger partial charge >= 0.3 is 0 Å². The summed E-state index contributed by atoms with van der Waals surface area (Å²) in [5.74, 6) is 0.162. The summed E-state index contributed by atoms with van der Waals surface area (Å²) < 4.78 is 3.08. The van der Waals surface area contributed by atoms with Crippen molar-refractivity contribution in [3.8, 4) is 5.69 Å². The van der Waals surface area contributed by atoms with Crippen LogP contribution in [0, 0.1) is 6.92 Å². The van der Waals surface area contributed by atoms with Crippen molar-refractivity contribution in [3.05, 3.63) is 95.3 Å². The van der Waals surface area contributed by atoms with Gasteiger partial charge in [0.05, 0.1) is 21.0 Å². The van der Waals surface area contributed by atoms with E-state index in [1.165, 1.54) is 22.0 Å². The van der Waals surface area contributed by atoms with E-state index >= 15 is 0 Å². The van der Waals surface area contributed by atoms with Crippen molar-refractivity contribution < 1.29 is 4.79 Å². The van der Waals surface area contributed by atoms with Crippen molar-refractivity contribution in [2.45, 2.75) is 18.5 Å². The minimum Gasteiger partial charge on any atom is -0.325 e. The summed E-state index contributed by atoms with van der Waals surface area (Å²) in [5.41, 5.74) is 5.13. The second-order valence-electron chi connectivity index (χ2n) is 7.60. The number of aryl methyl sites for hydroxylation is 1. The maximum Gasteiger partial charge on any atom is 0.234 e. The molecule has 3 aromatic carbocycles. The van der Waals surface area contributed by atoms with Crippen LogP contribution in [0.3, 0.4) is 0 Å². The van der Waals surface area contributed by atoms with Gasteiger partial charge in [-0.1, -0.05) is 53.7 Å². The third kappa shape index (κ3) is 5.13. The molecule has 2 aromatic heterocycles. The fourth-order valence-corrected chi connectivity index (χ4v) is 5.14. The van der Waals surface area contributed by atoms with Gasteiger partial charge in [-0.2, -0.15) is 0 Å². The van der Waals surface area contributed by atoms with Gasteiger partial charge in [0.2, 0.25) is 5.91 Å². The fraction of sp³-hybridized carbons (Fsp3) is 0.120. The third-order valence-electron chi connectivity index (χ3n) is 5.09. The molecule has 8 heteroatoms. The fourth-order valence-electron chi connectivity index (χ4n) is 3.41. The first-order valence-electron chi connectivity index (χ1n) is 10.5. The molecule has 0 aliphatic carbocycles. The standard InChI is InChI=1S/C25H21N5OS2/c1-17-6-12-20(13-7-17)30-16-26-29-25(30)32-15-23(31)27-19-10-8-18(9-11-19)14-24-28-21-4-2-3-5-22(21)33-24/h2-13,16H,14-15H2,1H3,(H,27,31). The molecule has 5 rings (SSSR count). The average molecular weight is 472 g/mol. The first-order valence-corrected chi connectivity index (χ1v) is 12.3. The second-order valence-corrected chi connectivity index (χ2v) is 9.66. The molecule has 0 saturated heterocycles. The highest BCUT2D eigenvalue weighted by atomic mass is 32.2. The number of anilines is 1. The van der Waals surface area contributed by atoms with Crippen LogP contribution in [-0.2, 0) is 11.2 Å². The maximum atomic E-state index is 12.5. The van der Waals surface area contributed by atoms with Gasteiger partial charge in [-0.05, 0) is 48.9 Å². The van der Waals surface area contributed by atoms with E-state index < -0.39 is 0 Å². The second kappa shape index (κ2) is 9.56. The lowest BCUT2D eigenvalue weighted by Crippen LogP contribution is -2.14. The van der Waals surface area contributed by atoms with Crippen LogP contribution >= 0.6 is 23.1 Å². The predicted octanol–water partition coefficient (Wildman–Crippen LogP) is 5.51. The summed E-state index contributed by atoms with van der Waals surface area (Å²) in [7, 11) is 0. The van der Waals surface area contributed by atoms with Crippen molar-refractivity contribution in [2.24, 2.45) is 0 Å². The van der Waals surface area contributed by atoms with Crippen molar-refractivity contribution in [1.82, 2.24) is 19.7 Å². The number of amides is 1. The predicted molar refractivity (Wildman–Crippen MR) is 134 cm³/mol. The summed E-state index contributed by atoms with van der Waals surface area (Å²) in [6.07, 6.45) is 2.44. The van der Waals surface area contributed by atoms with E-state index in [4.69, 9.17) is 4.98 Å². The van der Waals surface area contributed by atoms with Crippen LogP contribution in [0.5, 0.6) is 0 Å². The number of benzene rings is 3. The summed E-state index contributed by atoms with van der Waals surface area (Å²) in [6, 6.07) is 24.2. The number of rotatable bonds is 7. The molecule has 0 aliphatic rings. The van der Waals surface area contributed by atoms with E-state index in [1.807, 2.05) is 78.2 Å². The Hall–Kier alpha value is -3.49. The molecule has 33 heavy (non-hydrogen) atoms. The summed E-state index contributed by atoms with van der Waals surface area (Å²) >= 11 is 3.07. The molecule has 2 heterocycles. The number of thiazole rings is 1. The van der Waals surface area contributed by atoms with E-state index in [0.717, 1.165) is 33.9 Å². The summed E-state index contributed by atoms with van der Waals surface area (Å²) in [6.45, 7) is 2.05. The van der Waals surface area contributed by atoms with E-state index in [-0.39, 0.29) is 11.7 Å². The van der Waals surface area contributed by atoms with Gasteiger partial charge < -0.3 is 5.32 Å². The Balaban J connectivity index is 1.17. The zero-order chi connectivity index (χ0) is 22.6. The molecule has 1 amide bonds. The van der Waals surface area contributed by atoms with Crippen LogP contribution in [0.1, 0.15) is 16.1 Å². The first kappa shape index (κ1) is 21.4. The average Bonchev–Trinajstić information content (AvgIpc) is 3.46. The van der Waals surface area contributed by atoms with Gasteiger partial charge in [-0.3, -0.25) is 9.36 Å². The largest absolute Gasteiger partial charge is 0.325 e. The van der Waals surface area contributed by atoms with E-state index in [0.29, 0.717) is 5.16 Å². The van der Waals surface area contributed by atoms with Crippen molar-refractivity contribution in [1.29, 1.82) is 0 Å². The number of hydrogen-bond acceptors (Lipinski definition) is 6. The van der Waals surface area contributed by atoms with Crippen LogP contribution < -0.4 is 5.32 Å². The Labute approximate surface area is 199 Å². The number of carbonyl (C=O) groups is 1. The van der Waals surface area contributed by atoms with Crippen LogP contribution in [0.15, 0.2) is 84.3 Å². The van der Waals surface area contributed by atoms with E-state index in [1.54, 1.807) is 17.7 Å². The van der Waals surface area contributed by atoms with Crippen LogP contribution in [0.2, 0.25) is 0 Å². The Morgan fingerprint density at radius 1 is 1.03 bits per heavy atom. The molecule has 1 N–H and O–H groups in total. The van der Waals surface area contributed by atoms with E-state index in [9.17, 15) is 4.79 Å². The molecule has 6 nitrogen and oxygen atoms in total. The minimum absolute atomic E-state index is 0.0858. The lowest BCUT2D eigenvalue weighted by atomic mass is 10.1. The van der Waals surface area contributed by atoms with Gasteiger partial charge in [0.25, 0.3) is 0 Å². The van der Waals surface area contributed by atoms with Gasteiger partial charge in [0.15, 0.2) is 5.16 Å². The quantitative estimate of drug-likeness (QED) is 0.317. The number of thioether (sulfide) groups is 1. The molecular formula is C25H21N5OS2. The molecule has 0 radical (unpaired) electrons. The number of fused-ring (bicyclic) bond motifs is 1. The molecule has 0 saturated carbocycles. The molecule has 5 aromatic rings. The number of hydrogen-bond donors (Lipinski definition) is 1. The topological polar surface area (TPSA) is 72.7 Å². The molecular weight excluding hydrogens is 450 g/mol. The highest BCUT2D eigenvalue weighted by Crippen LogP contribution is 2.24. The van der Waals surface area contributed by atoms with Crippen LogP contribution in [-0.4, -0.2) is 31.4 Å². The number of para-hydroxylation sites is 1. The molecule has 0 unspecified atom stereocenters. The zero-order valence-electron chi connectivity index (χ0n) is 17.9. The molecule has 0 aliphatic heterocycles. The number of nitrogens with one attached hydrogen (secondary N) is 1. The lowest BCUT2D eigenvalue weighted by Gasteiger charge is -2.08. The van der Waals surface area contributed by atoms with Crippen molar-refractivity contribution in [2.75, 3.05) is 11.1 Å². The SMILES string of the molecule is Cc1ccc(-n2cnnc2SCC(=O)Nc2ccc(Cc3nc4ccccc4s3)cc2)cc1. The molecule has 0 spiro atoms. The monoisotopic (exact) mass is 471 g/mol. The van der Waals surface area contributed by atoms with Crippen LogP contribution in [0.25, 0.3) is 15.9 Å². The number of carbonyl (C=O) groups excluding carboxylic acids is 1. The van der Waals surface area contributed by atoms with Gasteiger partial charge in [0, 0.05) is 17.8 Å². The first-order chi connectivity index (χ1) is 16.1. The maximum absolute atomic E-state index is 12.5. The normalized spacial score (nSPS) is 11.1. The smallest absolute Gasteiger partial charge is 0.234 e. The van der Waals surface area contributed by atoms with Crippen molar-refractivity contribution in [3.63, 3.8) is 0 Å². The molecule has 0 fully saturated rings. The summed E-state index contributed by atoms with van der Waals surface area (Å²) in [4.78, 5) is 17.2. The highest BCUT2D eigenvalue weighted by Gasteiger charge is 2.11. The third-order valence-corrected chi connectivity index (χ3v) is 7.07. The van der Waals surface area contributed by atoms with Crippen molar-refractivity contribution >= 4 is 44.9 Å². The van der Waals surface area contributed by atoms with Gasteiger partial charge in [-0.15, -0.1) is 21.5 Å². The number of nitrogens with zero attached hydrogens (tertiary/aromatic N) is 4. The Morgan fingerprint density at radius 3 is 2.61 bits per heavy atom. The van der Waals surface area contributed by atoms with Gasteiger partial charge in [-0.25, -0.2) is 4.98 Å². The number of aromatic nitrogens is 4. The molecule has 164 valence electrons. The van der Waals surface area contributed by atoms with E-state index in [2.05, 4.69) is 21.6 Å². The molecule has 0 bridgehead atoms. The lowest BCUT2D eigenvalue weighted by molar-refractivity contribution is -0.113. The Kier molecular flexibility index (Phi) is 6.19. The zero-order valence-corrected chi connectivity index (χ0v) is 19.6. The minimum atomic E-state index is -0.0858. The Bertz CT molecular complexity index is 1360. The molecule has 0 atom stereocenters. The Morgan fingerprint density at radius 2 is 1.82 bits per heavy atom. The summed E-state index contributed by atoms with van der Waals surface area (Å²) in [5, 5.41) is 12.9. The van der Waals surface area contributed by atoms with Gasteiger partial charge in [0.1, 0.15) is 6.33 Å². The highest BCUT2D eigenvalue weighted by molar-refractivity contribution is 7.99.